The Morgan fingerprint density at radius 3 is 2.87 bits per heavy atom. The molecule has 0 spiro atoms. The molecule has 4 heteroatoms. The molecule has 4 nitrogen and oxygen atoms in total. The molecule has 0 aromatic heterocycles. The molecule has 0 unspecified atom stereocenters. The Morgan fingerprint density at radius 1 is 1.27 bits per heavy atom. The van der Waals surface area contributed by atoms with Crippen LogP contribution in [-0.4, -0.2) is 19.8 Å². The summed E-state index contributed by atoms with van der Waals surface area (Å²) in [7, 11) is 0. The van der Waals surface area contributed by atoms with Crippen LogP contribution in [0.25, 0.3) is 0 Å². The lowest BCUT2D eigenvalue weighted by Crippen LogP contribution is -2.16. The molecule has 78 valence electrons. The Kier molecular flexibility index (Phi) is 2.93. The molecule has 1 N–H and O–H groups in total. The second-order valence-electron chi connectivity index (χ2n) is 3.27. The molecule has 0 radical (unpaired) electrons. The molecule has 15 heavy (non-hydrogen) atoms. The van der Waals surface area contributed by atoms with Gasteiger partial charge in [0, 0.05) is 6.54 Å². The van der Waals surface area contributed by atoms with Crippen molar-refractivity contribution >= 4 is 0 Å². The van der Waals surface area contributed by atoms with E-state index in [1.54, 1.807) is 0 Å². The van der Waals surface area contributed by atoms with Gasteiger partial charge in [-0.15, -0.1) is 0 Å². The molecule has 1 heterocycles. The molecule has 1 aromatic carbocycles. The summed E-state index contributed by atoms with van der Waals surface area (Å²) in [6.45, 7) is 1.87. The lowest BCUT2D eigenvalue weighted by Gasteiger charge is -2.18. The first kappa shape index (κ1) is 9.66. The van der Waals surface area contributed by atoms with Crippen LogP contribution in [0, 0.1) is 11.5 Å². The summed E-state index contributed by atoms with van der Waals surface area (Å²) in [4.78, 5) is 0. The minimum Gasteiger partial charge on any atom is -0.486 e. The van der Waals surface area contributed by atoms with E-state index in [9.17, 15) is 0 Å². The van der Waals surface area contributed by atoms with E-state index in [1.807, 2.05) is 24.4 Å². The van der Waals surface area contributed by atoms with Crippen LogP contribution in [0.3, 0.4) is 0 Å². The fourth-order valence-electron chi connectivity index (χ4n) is 1.51. The van der Waals surface area contributed by atoms with Gasteiger partial charge in [0.2, 0.25) is 0 Å². The van der Waals surface area contributed by atoms with Gasteiger partial charge in [-0.1, -0.05) is 6.07 Å². The fraction of sp³-hybridized carbons (Fsp3) is 0.364. The summed E-state index contributed by atoms with van der Waals surface area (Å²) in [6.07, 6.45) is 2.70. The summed E-state index contributed by atoms with van der Waals surface area (Å²) in [5.41, 5.74) is 1.14. The number of hydrogen-bond acceptors (Lipinski definition) is 4. The maximum atomic E-state index is 8.33. The van der Waals surface area contributed by atoms with Crippen molar-refractivity contribution in [3.63, 3.8) is 0 Å². The van der Waals surface area contributed by atoms with E-state index in [0.717, 1.165) is 23.5 Å². The number of nitrogens with zero attached hydrogens (tertiary/aromatic N) is 1. The van der Waals surface area contributed by atoms with Gasteiger partial charge in [-0.25, -0.2) is 0 Å². The molecular weight excluding hydrogens is 192 g/mol. The predicted octanol–water partition coefficient (Wildman–Crippen LogP) is 1.07. The molecule has 0 bridgehead atoms. The smallest absolute Gasteiger partial charge is 0.176 e. The van der Waals surface area contributed by atoms with Crippen LogP contribution in [0.5, 0.6) is 11.5 Å². The van der Waals surface area contributed by atoms with Crippen molar-refractivity contribution in [2.24, 2.45) is 0 Å². The van der Waals surface area contributed by atoms with Gasteiger partial charge in [0.25, 0.3) is 0 Å². The lowest BCUT2D eigenvalue weighted by molar-refractivity contribution is 0.171. The van der Waals surface area contributed by atoms with Gasteiger partial charge in [0.15, 0.2) is 17.7 Å². The molecule has 0 amide bonds. The third-order valence-electron chi connectivity index (χ3n) is 2.22. The Hall–Kier alpha value is -1.89. The summed E-state index contributed by atoms with van der Waals surface area (Å²) < 4.78 is 10.9. The molecule has 0 atom stereocenters. The van der Waals surface area contributed by atoms with Gasteiger partial charge in [-0.3, -0.25) is 0 Å². The van der Waals surface area contributed by atoms with Gasteiger partial charge < -0.3 is 14.8 Å². The van der Waals surface area contributed by atoms with E-state index in [0.29, 0.717) is 19.8 Å². The standard InChI is InChI=1S/C11H12N2O2/c12-8-13-4-3-9-1-2-10-11(7-9)15-6-5-14-10/h1-2,7,13H,3-6H2. The second kappa shape index (κ2) is 4.56. The van der Waals surface area contributed by atoms with Crippen LogP contribution >= 0.6 is 0 Å². The highest BCUT2D eigenvalue weighted by atomic mass is 16.6. The third-order valence-corrected chi connectivity index (χ3v) is 2.22. The molecule has 2 rings (SSSR count). The molecular formula is C11H12N2O2. The first-order valence-corrected chi connectivity index (χ1v) is 4.90. The highest BCUT2D eigenvalue weighted by Crippen LogP contribution is 2.30. The topological polar surface area (TPSA) is 54.3 Å². The summed E-state index contributed by atoms with van der Waals surface area (Å²) in [5.74, 6) is 1.61. The maximum absolute atomic E-state index is 8.33. The third kappa shape index (κ3) is 2.32. The first-order chi connectivity index (χ1) is 7.40. The monoisotopic (exact) mass is 204 g/mol. The van der Waals surface area contributed by atoms with E-state index >= 15 is 0 Å². The van der Waals surface area contributed by atoms with Gasteiger partial charge >= 0.3 is 0 Å². The molecule has 0 aliphatic carbocycles. The second-order valence-corrected chi connectivity index (χ2v) is 3.27. The first-order valence-electron chi connectivity index (χ1n) is 4.90. The maximum Gasteiger partial charge on any atom is 0.176 e. The number of fused-ring (bicyclic) bond motifs is 1. The number of nitriles is 1. The Morgan fingerprint density at radius 2 is 2.07 bits per heavy atom. The van der Waals surface area contributed by atoms with E-state index in [2.05, 4.69) is 5.32 Å². The van der Waals surface area contributed by atoms with Crippen molar-refractivity contribution in [2.45, 2.75) is 6.42 Å². The van der Waals surface area contributed by atoms with Crippen molar-refractivity contribution in [2.75, 3.05) is 19.8 Å². The van der Waals surface area contributed by atoms with Gasteiger partial charge in [0.1, 0.15) is 13.2 Å². The average molecular weight is 204 g/mol. The van der Waals surface area contributed by atoms with Gasteiger partial charge in [0.05, 0.1) is 0 Å². The van der Waals surface area contributed by atoms with Crippen LogP contribution in [0.1, 0.15) is 5.56 Å². The summed E-state index contributed by atoms with van der Waals surface area (Å²) >= 11 is 0. The number of ether oxygens (including phenoxy) is 2. The van der Waals surface area contributed by atoms with Gasteiger partial charge in [-0.05, 0) is 24.1 Å². The van der Waals surface area contributed by atoms with Crippen LogP contribution in [0.4, 0.5) is 0 Å². The number of benzene rings is 1. The number of hydrogen-bond donors (Lipinski definition) is 1. The van der Waals surface area contributed by atoms with Crippen LogP contribution in [0.2, 0.25) is 0 Å². The van der Waals surface area contributed by atoms with Crippen molar-refractivity contribution in [1.29, 1.82) is 5.26 Å². The predicted molar refractivity (Wildman–Crippen MR) is 54.8 cm³/mol. The highest BCUT2D eigenvalue weighted by Gasteiger charge is 2.11. The molecule has 1 aliphatic rings. The number of rotatable bonds is 3. The summed E-state index contributed by atoms with van der Waals surface area (Å²) in [5, 5.41) is 10.9. The van der Waals surface area contributed by atoms with E-state index in [4.69, 9.17) is 14.7 Å². The van der Waals surface area contributed by atoms with E-state index in [1.165, 1.54) is 0 Å². The minimum absolute atomic E-state index is 0.604. The SMILES string of the molecule is N#CNCCc1ccc2c(c1)OCCO2. The Balaban J connectivity index is 2.04. The highest BCUT2D eigenvalue weighted by molar-refractivity contribution is 5.43. The molecule has 0 saturated heterocycles. The lowest BCUT2D eigenvalue weighted by atomic mass is 10.1. The van der Waals surface area contributed by atoms with Crippen molar-refractivity contribution in [3.05, 3.63) is 23.8 Å². The van der Waals surface area contributed by atoms with E-state index in [-0.39, 0.29) is 0 Å². The van der Waals surface area contributed by atoms with Crippen molar-refractivity contribution in [1.82, 2.24) is 5.32 Å². The molecule has 0 saturated carbocycles. The molecule has 1 aliphatic heterocycles. The molecule has 0 fully saturated rings. The Labute approximate surface area is 88.4 Å². The largest absolute Gasteiger partial charge is 0.486 e. The van der Waals surface area contributed by atoms with Crippen molar-refractivity contribution < 1.29 is 9.47 Å². The normalized spacial score (nSPS) is 13.0. The van der Waals surface area contributed by atoms with Gasteiger partial charge in [-0.2, -0.15) is 5.26 Å². The zero-order valence-corrected chi connectivity index (χ0v) is 8.32. The zero-order chi connectivity index (χ0) is 10.5. The minimum atomic E-state index is 0.604. The van der Waals surface area contributed by atoms with Crippen LogP contribution in [-0.2, 0) is 6.42 Å². The van der Waals surface area contributed by atoms with Crippen LogP contribution in [0.15, 0.2) is 18.2 Å². The van der Waals surface area contributed by atoms with Crippen molar-refractivity contribution in [3.8, 4) is 17.7 Å². The zero-order valence-electron chi connectivity index (χ0n) is 8.32. The Bertz CT molecular complexity index is 385. The quantitative estimate of drug-likeness (QED) is 0.454. The van der Waals surface area contributed by atoms with Crippen LogP contribution < -0.4 is 14.8 Å². The van der Waals surface area contributed by atoms with E-state index < -0.39 is 0 Å². The fourth-order valence-corrected chi connectivity index (χ4v) is 1.51. The average Bonchev–Trinajstić information content (AvgIpc) is 2.29. The number of nitrogens with one attached hydrogen (secondary N) is 1. The summed E-state index contributed by atoms with van der Waals surface area (Å²) in [6, 6.07) is 5.87. The molecule has 1 aromatic rings.